The molecule has 2 N–H and O–H groups in total. The Morgan fingerprint density at radius 3 is 2.53 bits per heavy atom. The Balaban J connectivity index is 2.58. The number of amides is 1. The fourth-order valence-corrected chi connectivity index (χ4v) is 1.78. The Morgan fingerprint density at radius 2 is 2.00 bits per heavy atom. The third-order valence-electron chi connectivity index (χ3n) is 2.49. The second kappa shape index (κ2) is 7.74. The highest BCUT2D eigenvalue weighted by Gasteiger charge is 2.17. The van der Waals surface area contributed by atoms with Crippen LogP contribution in [0.3, 0.4) is 0 Å². The third-order valence-corrected chi connectivity index (χ3v) is 3.02. The number of nitrogens with one attached hydrogen (secondary N) is 1. The summed E-state index contributed by atoms with van der Waals surface area (Å²) in [5.74, 6) is -1.41. The summed E-state index contributed by atoms with van der Waals surface area (Å²) in [6, 6.07) is 6.62. The smallest absolute Gasteiger partial charge is 0.326 e. The summed E-state index contributed by atoms with van der Waals surface area (Å²) in [5.41, 5.74) is 0.876. The fraction of sp³-hybridized carbons (Fsp3) is 0.286. The third kappa shape index (κ3) is 5.70. The van der Waals surface area contributed by atoms with Crippen molar-refractivity contribution in [1.82, 2.24) is 5.32 Å². The molecular formula is C14H16BrNO3. The summed E-state index contributed by atoms with van der Waals surface area (Å²) < 4.78 is 0.961. The molecule has 19 heavy (non-hydrogen) atoms. The molecule has 0 saturated heterocycles. The molecule has 0 aromatic heterocycles. The van der Waals surface area contributed by atoms with Gasteiger partial charge >= 0.3 is 5.97 Å². The average Bonchev–Trinajstić information content (AvgIpc) is 2.37. The molecule has 1 rings (SSSR count). The molecular weight excluding hydrogens is 310 g/mol. The first kappa shape index (κ1) is 15.4. The van der Waals surface area contributed by atoms with Crippen LogP contribution >= 0.6 is 15.9 Å². The number of carbonyl (C=O) groups is 2. The number of carbonyl (C=O) groups excluding carboxylic acids is 1. The Bertz CT molecular complexity index is 468. The van der Waals surface area contributed by atoms with Crippen molar-refractivity contribution in [3.63, 3.8) is 0 Å². The fourth-order valence-electron chi connectivity index (χ4n) is 1.51. The van der Waals surface area contributed by atoms with Gasteiger partial charge in [0.05, 0.1) is 0 Å². The molecule has 102 valence electrons. The Labute approximate surface area is 120 Å². The first-order chi connectivity index (χ1) is 9.02. The molecule has 0 spiro atoms. The van der Waals surface area contributed by atoms with Gasteiger partial charge in [-0.15, -0.1) is 0 Å². The van der Waals surface area contributed by atoms with E-state index in [0.717, 1.165) is 10.0 Å². The van der Waals surface area contributed by atoms with E-state index < -0.39 is 17.9 Å². The van der Waals surface area contributed by atoms with Crippen molar-refractivity contribution in [3.8, 4) is 0 Å². The predicted molar refractivity (Wildman–Crippen MR) is 77.7 cm³/mol. The number of hydrogen-bond donors (Lipinski definition) is 2. The van der Waals surface area contributed by atoms with Crippen molar-refractivity contribution in [2.75, 3.05) is 0 Å². The van der Waals surface area contributed by atoms with Gasteiger partial charge in [0.2, 0.25) is 5.91 Å². The molecule has 0 fully saturated rings. The van der Waals surface area contributed by atoms with Crippen molar-refractivity contribution in [1.29, 1.82) is 0 Å². The monoisotopic (exact) mass is 325 g/mol. The van der Waals surface area contributed by atoms with E-state index in [0.29, 0.717) is 12.8 Å². The minimum atomic E-state index is -1.01. The molecule has 1 atom stereocenters. The van der Waals surface area contributed by atoms with Crippen LogP contribution in [0, 0.1) is 0 Å². The molecule has 1 amide bonds. The lowest BCUT2D eigenvalue weighted by Crippen LogP contribution is -2.39. The SMILES string of the molecule is CCCC(NC(=O)/C=C/c1ccc(Br)cc1)C(=O)O. The lowest BCUT2D eigenvalue weighted by Gasteiger charge is -2.11. The minimum Gasteiger partial charge on any atom is -0.480 e. The zero-order valence-corrected chi connectivity index (χ0v) is 12.2. The number of aliphatic carboxylic acids is 1. The Kier molecular flexibility index (Phi) is 6.29. The van der Waals surface area contributed by atoms with Gasteiger partial charge in [-0.2, -0.15) is 0 Å². The first-order valence-electron chi connectivity index (χ1n) is 6.00. The molecule has 0 aliphatic heterocycles. The Hall–Kier alpha value is -1.62. The van der Waals surface area contributed by atoms with Crippen LogP contribution in [0.4, 0.5) is 0 Å². The predicted octanol–water partition coefficient (Wildman–Crippen LogP) is 2.83. The van der Waals surface area contributed by atoms with Crippen LogP contribution < -0.4 is 5.32 Å². The zero-order chi connectivity index (χ0) is 14.3. The maximum Gasteiger partial charge on any atom is 0.326 e. The van der Waals surface area contributed by atoms with Gasteiger partial charge in [-0.1, -0.05) is 41.4 Å². The van der Waals surface area contributed by atoms with E-state index in [1.807, 2.05) is 31.2 Å². The van der Waals surface area contributed by atoms with Crippen LogP contribution in [-0.4, -0.2) is 23.0 Å². The highest BCUT2D eigenvalue weighted by molar-refractivity contribution is 9.10. The molecule has 5 heteroatoms. The highest BCUT2D eigenvalue weighted by Crippen LogP contribution is 2.11. The standard InChI is InChI=1S/C14H16BrNO3/c1-2-3-12(14(18)19)16-13(17)9-6-10-4-7-11(15)8-5-10/h4-9,12H,2-3H2,1H3,(H,16,17)(H,18,19)/b9-6+. The van der Waals surface area contributed by atoms with Crippen LogP contribution in [0.2, 0.25) is 0 Å². The largest absolute Gasteiger partial charge is 0.480 e. The second-order valence-electron chi connectivity index (χ2n) is 4.07. The van der Waals surface area contributed by atoms with E-state index in [1.54, 1.807) is 6.08 Å². The molecule has 0 aliphatic carbocycles. The van der Waals surface area contributed by atoms with Crippen LogP contribution in [-0.2, 0) is 9.59 Å². The van der Waals surface area contributed by atoms with E-state index in [4.69, 9.17) is 5.11 Å². The summed E-state index contributed by atoms with van der Waals surface area (Å²) in [4.78, 5) is 22.5. The number of hydrogen-bond acceptors (Lipinski definition) is 2. The second-order valence-corrected chi connectivity index (χ2v) is 4.99. The summed E-state index contributed by atoms with van der Waals surface area (Å²) in [7, 11) is 0. The van der Waals surface area contributed by atoms with Crippen molar-refractivity contribution < 1.29 is 14.7 Å². The van der Waals surface area contributed by atoms with Gasteiger partial charge < -0.3 is 10.4 Å². The lowest BCUT2D eigenvalue weighted by molar-refractivity contribution is -0.141. The molecule has 0 radical (unpaired) electrons. The number of carboxylic acid groups (broad SMARTS) is 1. The van der Waals surface area contributed by atoms with E-state index in [2.05, 4.69) is 21.2 Å². The van der Waals surface area contributed by atoms with Crippen LogP contribution in [0.25, 0.3) is 6.08 Å². The Morgan fingerprint density at radius 1 is 1.37 bits per heavy atom. The number of rotatable bonds is 6. The normalized spacial score (nSPS) is 12.3. The molecule has 1 aromatic carbocycles. The van der Waals surface area contributed by atoms with Crippen molar-refractivity contribution in [2.45, 2.75) is 25.8 Å². The quantitative estimate of drug-likeness (QED) is 0.790. The van der Waals surface area contributed by atoms with Crippen molar-refractivity contribution in [3.05, 3.63) is 40.4 Å². The van der Waals surface area contributed by atoms with Crippen molar-refractivity contribution >= 4 is 33.9 Å². The van der Waals surface area contributed by atoms with Crippen LogP contribution in [0.1, 0.15) is 25.3 Å². The summed E-state index contributed by atoms with van der Waals surface area (Å²) in [6.45, 7) is 1.87. The van der Waals surface area contributed by atoms with Gasteiger partial charge in [0.25, 0.3) is 0 Å². The van der Waals surface area contributed by atoms with Crippen molar-refractivity contribution in [2.24, 2.45) is 0 Å². The van der Waals surface area contributed by atoms with Gasteiger partial charge in [0, 0.05) is 10.5 Å². The van der Waals surface area contributed by atoms with E-state index in [9.17, 15) is 9.59 Å². The molecule has 0 bridgehead atoms. The summed E-state index contributed by atoms with van der Waals surface area (Å²) in [6.07, 6.45) is 4.11. The minimum absolute atomic E-state index is 0.399. The van der Waals surface area contributed by atoms with Gasteiger partial charge in [-0.25, -0.2) is 4.79 Å². The molecule has 0 saturated carbocycles. The molecule has 1 aromatic rings. The number of halogens is 1. The van der Waals surface area contributed by atoms with Gasteiger partial charge in [0.1, 0.15) is 6.04 Å². The van der Waals surface area contributed by atoms with Gasteiger partial charge in [-0.05, 0) is 30.2 Å². The molecule has 0 aliphatic rings. The molecule has 1 unspecified atom stereocenters. The first-order valence-corrected chi connectivity index (χ1v) is 6.79. The maximum absolute atomic E-state index is 11.6. The number of carboxylic acids is 1. The van der Waals surface area contributed by atoms with Crippen LogP contribution in [0.15, 0.2) is 34.8 Å². The average molecular weight is 326 g/mol. The lowest BCUT2D eigenvalue weighted by atomic mass is 10.1. The zero-order valence-electron chi connectivity index (χ0n) is 10.6. The molecule has 4 nitrogen and oxygen atoms in total. The molecule has 0 heterocycles. The van der Waals surface area contributed by atoms with Gasteiger partial charge in [0.15, 0.2) is 0 Å². The van der Waals surface area contributed by atoms with E-state index in [1.165, 1.54) is 6.08 Å². The topological polar surface area (TPSA) is 66.4 Å². The highest BCUT2D eigenvalue weighted by atomic mass is 79.9. The summed E-state index contributed by atoms with van der Waals surface area (Å²) >= 11 is 3.32. The number of benzene rings is 1. The van der Waals surface area contributed by atoms with E-state index in [-0.39, 0.29) is 0 Å². The van der Waals surface area contributed by atoms with Gasteiger partial charge in [-0.3, -0.25) is 4.79 Å². The maximum atomic E-state index is 11.6. The summed E-state index contributed by atoms with van der Waals surface area (Å²) in [5, 5.41) is 11.4. The van der Waals surface area contributed by atoms with Crippen LogP contribution in [0.5, 0.6) is 0 Å². The van der Waals surface area contributed by atoms with E-state index >= 15 is 0 Å².